The van der Waals surface area contributed by atoms with Crippen molar-refractivity contribution in [2.45, 2.75) is 26.7 Å². The summed E-state index contributed by atoms with van der Waals surface area (Å²) in [6.07, 6.45) is 6.17. The summed E-state index contributed by atoms with van der Waals surface area (Å²) < 4.78 is 0. The van der Waals surface area contributed by atoms with Gasteiger partial charge in [-0.25, -0.2) is 0 Å². The Kier molecular flexibility index (Phi) is 5.35. The van der Waals surface area contributed by atoms with Gasteiger partial charge in [0.1, 0.15) is 0 Å². The topological polar surface area (TPSA) is 38.0 Å². The Bertz CT molecular complexity index is 157. The first-order chi connectivity index (χ1) is 5.22. The van der Waals surface area contributed by atoms with E-state index in [1.807, 2.05) is 20.2 Å². The van der Waals surface area contributed by atoms with E-state index in [1.165, 1.54) is 0 Å². The van der Waals surface area contributed by atoms with Crippen LogP contribution in [-0.4, -0.2) is 7.05 Å². The summed E-state index contributed by atoms with van der Waals surface area (Å²) in [5, 5.41) is 2.94. The third-order valence-electron chi connectivity index (χ3n) is 1.47. The van der Waals surface area contributed by atoms with Crippen molar-refractivity contribution in [1.29, 1.82) is 0 Å². The van der Waals surface area contributed by atoms with Crippen LogP contribution in [0.3, 0.4) is 0 Å². The van der Waals surface area contributed by atoms with Gasteiger partial charge >= 0.3 is 0 Å². The molecule has 11 heavy (non-hydrogen) atoms. The Hall–Kier alpha value is -0.920. The molecule has 0 atom stereocenters. The van der Waals surface area contributed by atoms with Crippen molar-refractivity contribution in [2.75, 3.05) is 7.05 Å². The molecule has 0 saturated carbocycles. The molecule has 0 heterocycles. The molecule has 0 aromatic rings. The van der Waals surface area contributed by atoms with Crippen molar-refractivity contribution in [3.05, 3.63) is 23.5 Å². The Morgan fingerprint density at radius 1 is 1.55 bits per heavy atom. The van der Waals surface area contributed by atoms with Crippen molar-refractivity contribution < 1.29 is 0 Å². The summed E-state index contributed by atoms with van der Waals surface area (Å²) in [6.45, 7) is 4.14. The number of hydrogen-bond acceptors (Lipinski definition) is 2. The van der Waals surface area contributed by atoms with Crippen molar-refractivity contribution in [1.82, 2.24) is 5.32 Å². The Labute approximate surface area is 69.2 Å². The van der Waals surface area contributed by atoms with E-state index in [-0.39, 0.29) is 0 Å². The third-order valence-corrected chi connectivity index (χ3v) is 1.47. The van der Waals surface area contributed by atoms with E-state index in [0.29, 0.717) is 0 Å². The van der Waals surface area contributed by atoms with Gasteiger partial charge in [-0.05, 0) is 18.9 Å². The molecular formula is C9H18N2. The Morgan fingerprint density at radius 2 is 2.18 bits per heavy atom. The summed E-state index contributed by atoms with van der Waals surface area (Å²) in [5.41, 5.74) is 7.72. The van der Waals surface area contributed by atoms with Gasteiger partial charge in [-0.15, -0.1) is 0 Å². The molecule has 0 aliphatic rings. The first kappa shape index (κ1) is 10.1. The molecule has 0 saturated heterocycles. The molecule has 0 spiro atoms. The summed E-state index contributed by atoms with van der Waals surface area (Å²) in [5.74, 6) is 0. The lowest BCUT2D eigenvalue weighted by molar-refractivity contribution is 0.944. The Balaban J connectivity index is 4.00. The van der Waals surface area contributed by atoms with Gasteiger partial charge in [0.25, 0.3) is 0 Å². The zero-order valence-corrected chi connectivity index (χ0v) is 7.65. The number of nitrogens with two attached hydrogens (primary N) is 1. The molecule has 0 bridgehead atoms. The van der Waals surface area contributed by atoms with Gasteiger partial charge in [-0.1, -0.05) is 19.4 Å². The highest BCUT2D eigenvalue weighted by Gasteiger charge is 1.90. The van der Waals surface area contributed by atoms with Crippen molar-refractivity contribution >= 4 is 0 Å². The maximum atomic E-state index is 5.74. The number of nitrogens with one attached hydrogen (secondary N) is 1. The van der Waals surface area contributed by atoms with E-state index in [0.717, 1.165) is 24.1 Å². The van der Waals surface area contributed by atoms with Gasteiger partial charge in [0, 0.05) is 18.9 Å². The monoisotopic (exact) mass is 154 g/mol. The molecule has 0 amide bonds. The summed E-state index contributed by atoms with van der Waals surface area (Å²) in [7, 11) is 1.87. The van der Waals surface area contributed by atoms with Crippen LogP contribution in [0, 0.1) is 0 Å². The van der Waals surface area contributed by atoms with Gasteiger partial charge in [0.2, 0.25) is 0 Å². The van der Waals surface area contributed by atoms with Gasteiger partial charge in [0.05, 0.1) is 0 Å². The molecular weight excluding hydrogens is 136 g/mol. The number of allylic oxidation sites excluding steroid dienone is 2. The summed E-state index contributed by atoms with van der Waals surface area (Å²) >= 11 is 0. The highest BCUT2D eigenvalue weighted by molar-refractivity contribution is 5.24. The lowest BCUT2D eigenvalue weighted by Gasteiger charge is -2.00. The summed E-state index contributed by atoms with van der Waals surface area (Å²) in [6, 6.07) is 0. The first-order valence-corrected chi connectivity index (χ1v) is 4.02. The molecule has 0 aliphatic heterocycles. The standard InChI is InChI=1S/C9H18N2/c1-4-5-6-9(10)8(2)7-11-3/h6-7,11H,4-5,10H2,1-3H3/b8-7-,9-6-. The number of unbranched alkanes of at least 4 members (excludes halogenated alkanes) is 1. The van der Waals surface area contributed by atoms with E-state index in [1.54, 1.807) is 0 Å². The predicted octanol–water partition coefficient (Wildman–Crippen LogP) is 1.75. The average Bonchev–Trinajstić information content (AvgIpc) is 2.00. The van der Waals surface area contributed by atoms with E-state index >= 15 is 0 Å². The van der Waals surface area contributed by atoms with Crippen LogP contribution in [-0.2, 0) is 0 Å². The minimum atomic E-state index is 0.876. The van der Waals surface area contributed by atoms with Crippen LogP contribution < -0.4 is 11.1 Å². The minimum absolute atomic E-state index is 0.876. The fourth-order valence-corrected chi connectivity index (χ4v) is 0.761. The van der Waals surface area contributed by atoms with Gasteiger partial charge in [-0.2, -0.15) is 0 Å². The molecule has 2 nitrogen and oxygen atoms in total. The van der Waals surface area contributed by atoms with E-state index in [4.69, 9.17) is 5.73 Å². The maximum absolute atomic E-state index is 5.74. The third kappa shape index (κ3) is 4.48. The molecule has 0 unspecified atom stereocenters. The molecule has 64 valence electrons. The second-order valence-corrected chi connectivity index (χ2v) is 2.56. The molecule has 2 heteroatoms. The van der Waals surface area contributed by atoms with E-state index < -0.39 is 0 Å². The molecule has 0 radical (unpaired) electrons. The van der Waals surface area contributed by atoms with Crippen molar-refractivity contribution in [2.24, 2.45) is 5.73 Å². The molecule has 0 aliphatic carbocycles. The van der Waals surface area contributed by atoms with Crippen LogP contribution in [0.1, 0.15) is 26.7 Å². The smallest absolute Gasteiger partial charge is 0.0317 e. The average molecular weight is 154 g/mol. The zero-order chi connectivity index (χ0) is 8.69. The fraction of sp³-hybridized carbons (Fsp3) is 0.556. The van der Waals surface area contributed by atoms with Crippen molar-refractivity contribution in [3.63, 3.8) is 0 Å². The van der Waals surface area contributed by atoms with Crippen LogP contribution in [0.5, 0.6) is 0 Å². The molecule has 0 aromatic heterocycles. The second-order valence-electron chi connectivity index (χ2n) is 2.56. The molecule has 0 aromatic carbocycles. The number of rotatable bonds is 4. The SMILES string of the molecule is CCC/C=C(N)/C(C)=C\NC. The van der Waals surface area contributed by atoms with E-state index in [9.17, 15) is 0 Å². The second kappa shape index (κ2) is 5.83. The Morgan fingerprint density at radius 3 is 2.64 bits per heavy atom. The maximum Gasteiger partial charge on any atom is 0.0317 e. The zero-order valence-electron chi connectivity index (χ0n) is 7.65. The largest absolute Gasteiger partial charge is 0.399 e. The summed E-state index contributed by atoms with van der Waals surface area (Å²) in [4.78, 5) is 0. The van der Waals surface area contributed by atoms with Crippen LogP contribution in [0.15, 0.2) is 23.5 Å². The van der Waals surface area contributed by atoms with Crippen LogP contribution in [0.4, 0.5) is 0 Å². The van der Waals surface area contributed by atoms with Gasteiger partial charge < -0.3 is 11.1 Å². The molecule has 0 rings (SSSR count). The van der Waals surface area contributed by atoms with Gasteiger partial charge in [-0.3, -0.25) is 0 Å². The fourth-order valence-electron chi connectivity index (χ4n) is 0.761. The molecule has 3 N–H and O–H groups in total. The number of hydrogen-bond donors (Lipinski definition) is 2. The van der Waals surface area contributed by atoms with Crippen LogP contribution in [0.2, 0.25) is 0 Å². The van der Waals surface area contributed by atoms with Gasteiger partial charge in [0.15, 0.2) is 0 Å². The highest BCUT2D eigenvalue weighted by Crippen LogP contribution is 2.02. The highest BCUT2D eigenvalue weighted by atomic mass is 14.8. The van der Waals surface area contributed by atoms with E-state index in [2.05, 4.69) is 18.3 Å². The van der Waals surface area contributed by atoms with Crippen LogP contribution in [0.25, 0.3) is 0 Å². The van der Waals surface area contributed by atoms with Crippen LogP contribution >= 0.6 is 0 Å². The first-order valence-electron chi connectivity index (χ1n) is 4.02. The molecule has 0 fully saturated rings. The van der Waals surface area contributed by atoms with Crippen molar-refractivity contribution in [3.8, 4) is 0 Å². The normalized spacial score (nSPS) is 13.4. The quantitative estimate of drug-likeness (QED) is 0.605. The predicted molar refractivity (Wildman–Crippen MR) is 50.0 cm³/mol. The lowest BCUT2D eigenvalue weighted by atomic mass is 10.2. The minimum Gasteiger partial charge on any atom is -0.399 e. The lowest BCUT2D eigenvalue weighted by Crippen LogP contribution is -2.03.